The van der Waals surface area contributed by atoms with Crippen LogP contribution in [0.2, 0.25) is 5.02 Å². The molecule has 6 heteroatoms. The molecule has 2 rings (SSSR count). The van der Waals surface area contributed by atoms with E-state index in [9.17, 15) is 9.59 Å². The van der Waals surface area contributed by atoms with Crippen LogP contribution in [0.25, 0.3) is 0 Å². The Morgan fingerprint density at radius 2 is 2.20 bits per heavy atom. The molecular weight excluding hydrogens is 280 g/mol. The summed E-state index contributed by atoms with van der Waals surface area (Å²) in [7, 11) is 1.54. The Bertz CT molecular complexity index is 533. The van der Waals surface area contributed by atoms with Crippen LogP contribution >= 0.6 is 11.6 Å². The number of carbonyl (C=O) groups is 2. The minimum Gasteiger partial charge on any atom is -0.495 e. The van der Waals surface area contributed by atoms with E-state index in [1.54, 1.807) is 18.2 Å². The number of rotatable bonds is 5. The summed E-state index contributed by atoms with van der Waals surface area (Å²) < 4.78 is 5.07. The average molecular weight is 297 g/mol. The van der Waals surface area contributed by atoms with Crippen LogP contribution in [0.4, 0.5) is 5.69 Å². The van der Waals surface area contributed by atoms with Gasteiger partial charge in [-0.15, -0.1) is 0 Å². The lowest BCUT2D eigenvalue weighted by atomic mass is 10.2. The first-order valence-electron chi connectivity index (χ1n) is 6.51. The van der Waals surface area contributed by atoms with Crippen LogP contribution in [0.5, 0.6) is 5.75 Å². The predicted octanol–water partition coefficient (Wildman–Crippen LogP) is 2.30. The second-order valence-electron chi connectivity index (χ2n) is 4.63. The fourth-order valence-corrected chi connectivity index (χ4v) is 2.47. The summed E-state index contributed by atoms with van der Waals surface area (Å²) in [6.07, 6.45) is 0.945. The monoisotopic (exact) mass is 296 g/mol. The number of anilines is 1. The highest BCUT2D eigenvalue weighted by molar-refractivity contribution is 6.32. The van der Waals surface area contributed by atoms with Crippen molar-refractivity contribution in [3.8, 4) is 5.75 Å². The largest absolute Gasteiger partial charge is 0.495 e. The Kier molecular flexibility index (Phi) is 4.49. The second-order valence-corrected chi connectivity index (χ2v) is 5.04. The zero-order chi connectivity index (χ0) is 14.7. The summed E-state index contributed by atoms with van der Waals surface area (Å²) in [5, 5.41) is 3.51. The number of nitrogens with one attached hydrogen (secondary N) is 1. The first kappa shape index (κ1) is 14.7. The van der Waals surface area contributed by atoms with Gasteiger partial charge in [0, 0.05) is 12.2 Å². The van der Waals surface area contributed by atoms with E-state index in [1.807, 2.05) is 6.92 Å². The number of amides is 2. The molecule has 0 saturated carbocycles. The molecule has 0 bridgehead atoms. The van der Waals surface area contributed by atoms with E-state index in [0.29, 0.717) is 23.0 Å². The van der Waals surface area contributed by atoms with Crippen molar-refractivity contribution in [1.29, 1.82) is 0 Å². The Labute approximate surface area is 122 Å². The average Bonchev–Trinajstić information content (AvgIpc) is 2.67. The molecule has 1 unspecified atom stereocenters. The molecule has 1 aliphatic rings. The molecule has 0 aliphatic carbocycles. The van der Waals surface area contributed by atoms with Gasteiger partial charge in [0.05, 0.1) is 18.6 Å². The molecule has 2 amide bonds. The van der Waals surface area contributed by atoms with Gasteiger partial charge in [0.25, 0.3) is 5.91 Å². The number of halogens is 1. The van der Waals surface area contributed by atoms with Crippen molar-refractivity contribution >= 4 is 29.1 Å². The van der Waals surface area contributed by atoms with Gasteiger partial charge < -0.3 is 10.1 Å². The van der Waals surface area contributed by atoms with Crippen molar-refractivity contribution < 1.29 is 14.3 Å². The third kappa shape index (κ3) is 2.88. The van der Waals surface area contributed by atoms with Crippen molar-refractivity contribution in [2.24, 2.45) is 0 Å². The number of ether oxygens (including phenoxy) is 1. The van der Waals surface area contributed by atoms with E-state index < -0.39 is 6.04 Å². The van der Waals surface area contributed by atoms with Gasteiger partial charge in [-0.05, 0) is 24.6 Å². The van der Waals surface area contributed by atoms with Gasteiger partial charge in [-0.1, -0.05) is 18.5 Å². The summed E-state index contributed by atoms with van der Waals surface area (Å²) in [5.41, 5.74) is 0.695. The minimum absolute atomic E-state index is 0.131. The third-order valence-corrected chi connectivity index (χ3v) is 3.48. The normalized spacial score (nSPS) is 18.6. The van der Waals surface area contributed by atoms with Crippen LogP contribution in [0.3, 0.4) is 0 Å². The van der Waals surface area contributed by atoms with E-state index in [2.05, 4.69) is 5.32 Å². The van der Waals surface area contributed by atoms with E-state index in [4.69, 9.17) is 16.3 Å². The topological polar surface area (TPSA) is 58.6 Å². The number of likely N-dealkylation sites (tertiary alicyclic amines) is 1. The smallest absolute Gasteiger partial charge is 0.252 e. The molecule has 1 heterocycles. The molecule has 1 aromatic rings. The van der Waals surface area contributed by atoms with Gasteiger partial charge in [0.2, 0.25) is 5.91 Å². The Morgan fingerprint density at radius 1 is 1.45 bits per heavy atom. The molecule has 5 nitrogen and oxygen atoms in total. The number of hydrogen-bond acceptors (Lipinski definition) is 4. The first-order chi connectivity index (χ1) is 9.56. The highest BCUT2D eigenvalue weighted by atomic mass is 35.5. The van der Waals surface area contributed by atoms with Crippen molar-refractivity contribution in [3.63, 3.8) is 0 Å². The summed E-state index contributed by atoms with van der Waals surface area (Å²) in [6, 6.07) is 4.65. The van der Waals surface area contributed by atoms with E-state index in [1.165, 1.54) is 12.0 Å². The Balaban J connectivity index is 2.09. The zero-order valence-electron chi connectivity index (χ0n) is 11.5. The summed E-state index contributed by atoms with van der Waals surface area (Å²) >= 11 is 6.03. The summed E-state index contributed by atoms with van der Waals surface area (Å²) in [5.74, 6) is 0.261. The lowest BCUT2D eigenvalue weighted by molar-refractivity contribution is -0.138. The van der Waals surface area contributed by atoms with Gasteiger partial charge in [0.1, 0.15) is 11.8 Å². The van der Waals surface area contributed by atoms with Gasteiger partial charge in [-0.2, -0.15) is 0 Å². The molecule has 1 aromatic carbocycles. The number of benzene rings is 1. The SMILES string of the molecule is CCCN1C(=O)CC(Nc2ccc(OC)c(Cl)c2)C1=O. The van der Waals surface area contributed by atoms with Crippen molar-refractivity contribution in [3.05, 3.63) is 23.2 Å². The van der Waals surface area contributed by atoms with E-state index in [0.717, 1.165) is 6.42 Å². The van der Waals surface area contributed by atoms with Crippen LogP contribution in [-0.4, -0.2) is 36.4 Å². The highest BCUT2D eigenvalue weighted by Crippen LogP contribution is 2.28. The van der Waals surface area contributed by atoms with Gasteiger partial charge in [0.15, 0.2) is 0 Å². The standard InChI is InChI=1S/C14H17ClN2O3/c1-3-6-17-13(18)8-11(14(17)19)16-9-4-5-12(20-2)10(15)7-9/h4-5,7,11,16H,3,6,8H2,1-2H3. The molecule has 1 saturated heterocycles. The maximum Gasteiger partial charge on any atom is 0.252 e. The lowest BCUT2D eigenvalue weighted by Gasteiger charge is -2.15. The molecular formula is C14H17ClN2O3. The molecule has 1 fully saturated rings. The lowest BCUT2D eigenvalue weighted by Crippen LogP contribution is -2.35. The Hall–Kier alpha value is -1.75. The molecule has 108 valence electrons. The van der Waals surface area contributed by atoms with Crippen LogP contribution in [-0.2, 0) is 9.59 Å². The highest BCUT2D eigenvalue weighted by Gasteiger charge is 2.37. The molecule has 0 aromatic heterocycles. The Morgan fingerprint density at radius 3 is 2.80 bits per heavy atom. The second kappa shape index (κ2) is 6.13. The van der Waals surface area contributed by atoms with E-state index in [-0.39, 0.29) is 18.2 Å². The fourth-order valence-electron chi connectivity index (χ4n) is 2.21. The fraction of sp³-hybridized carbons (Fsp3) is 0.429. The van der Waals surface area contributed by atoms with Gasteiger partial charge in [-0.25, -0.2) is 0 Å². The number of nitrogens with zero attached hydrogens (tertiary/aromatic N) is 1. The minimum atomic E-state index is -0.515. The molecule has 0 spiro atoms. The predicted molar refractivity (Wildman–Crippen MR) is 77.0 cm³/mol. The number of hydrogen-bond donors (Lipinski definition) is 1. The molecule has 1 aliphatic heterocycles. The van der Waals surface area contributed by atoms with Crippen molar-refractivity contribution in [2.45, 2.75) is 25.8 Å². The van der Waals surface area contributed by atoms with E-state index >= 15 is 0 Å². The molecule has 0 radical (unpaired) electrons. The number of imide groups is 1. The van der Waals surface area contributed by atoms with Crippen LogP contribution in [0, 0.1) is 0 Å². The number of methoxy groups -OCH3 is 1. The van der Waals surface area contributed by atoms with Crippen LogP contribution in [0.15, 0.2) is 18.2 Å². The van der Waals surface area contributed by atoms with Gasteiger partial charge in [-0.3, -0.25) is 14.5 Å². The third-order valence-electron chi connectivity index (χ3n) is 3.18. The van der Waals surface area contributed by atoms with Crippen LogP contribution < -0.4 is 10.1 Å². The molecule has 1 atom stereocenters. The van der Waals surface area contributed by atoms with Crippen LogP contribution in [0.1, 0.15) is 19.8 Å². The maximum atomic E-state index is 12.1. The summed E-state index contributed by atoms with van der Waals surface area (Å²) in [4.78, 5) is 25.2. The summed E-state index contributed by atoms with van der Waals surface area (Å²) in [6.45, 7) is 2.41. The van der Waals surface area contributed by atoms with Crippen molar-refractivity contribution in [1.82, 2.24) is 4.90 Å². The maximum absolute atomic E-state index is 12.1. The quantitative estimate of drug-likeness (QED) is 0.847. The van der Waals surface area contributed by atoms with Crippen molar-refractivity contribution in [2.75, 3.05) is 19.0 Å². The first-order valence-corrected chi connectivity index (χ1v) is 6.89. The number of carbonyl (C=O) groups excluding carboxylic acids is 2. The molecule has 1 N–H and O–H groups in total. The molecule has 20 heavy (non-hydrogen) atoms. The van der Waals surface area contributed by atoms with Gasteiger partial charge >= 0.3 is 0 Å². The zero-order valence-corrected chi connectivity index (χ0v) is 12.2.